The van der Waals surface area contributed by atoms with Crippen molar-refractivity contribution in [1.82, 2.24) is 15.1 Å². The molecular weight excluding hydrogens is 508 g/mol. The number of halogens is 3. The zero-order valence-corrected chi connectivity index (χ0v) is 22.5. The number of likely N-dealkylation sites (tertiary alicyclic amines) is 2. The Labute approximate surface area is 221 Å². The number of piperidine rings is 1. The molecule has 3 rings (SSSR count). The molecule has 2 aliphatic rings. The predicted molar refractivity (Wildman–Crippen MR) is 135 cm³/mol. The van der Waals surface area contributed by atoms with E-state index in [4.69, 9.17) is 16.3 Å². The number of alkyl halides is 2. The fraction of sp³-hybridized carbons (Fsp3) is 0.654. The fourth-order valence-electron chi connectivity index (χ4n) is 5.26. The third-order valence-corrected chi connectivity index (χ3v) is 7.54. The zero-order chi connectivity index (χ0) is 27.5. The largest absolute Gasteiger partial charge is 0.465 e. The molecule has 0 aromatic heterocycles. The van der Waals surface area contributed by atoms with Crippen molar-refractivity contribution in [3.8, 4) is 0 Å². The highest BCUT2D eigenvalue weighted by atomic mass is 35.5. The lowest BCUT2D eigenvalue weighted by Crippen LogP contribution is -2.53. The molecule has 11 heteroatoms. The third-order valence-electron chi connectivity index (χ3n) is 7.19. The first-order valence-corrected chi connectivity index (χ1v) is 12.9. The summed E-state index contributed by atoms with van der Waals surface area (Å²) in [5.41, 5.74) is -1.72. The van der Waals surface area contributed by atoms with E-state index in [1.165, 1.54) is 17.0 Å². The van der Waals surface area contributed by atoms with Gasteiger partial charge in [0, 0.05) is 49.4 Å². The van der Waals surface area contributed by atoms with E-state index >= 15 is 0 Å². The molecule has 2 N–H and O–H groups in total. The summed E-state index contributed by atoms with van der Waals surface area (Å²) in [5, 5.41) is 12.5. The Kier molecular flexibility index (Phi) is 9.06. The first-order chi connectivity index (χ1) is 17.2. The summed E-state index contributed by atoms with van der Waals surface area (Å²) in [5.74, 6) is -1.10. The second kappa shape index (κ2) is 11.5. The number of carbonyl (C=O) groups excluding carboxylic acids is 2. The number of esters is 1. The highest BCUT2D eigenvalue weighted by Gasteiger charge is 2.52. The van der Waals surface area contributed by atoms with Gasteiger partial charge >= 0.3 is 12.1 Å². The van der Waals surface area contributed by atoms with Gasteiger partial charge in [-0.25, -0.2) is 13.6 Å². The molecule has 2 fully saturated rings. The van der Waals surface area contributed by atoms with Gasteiger partial charge in [-0.05, 0) is 51.2 Å². The maximum absolute atomic E-state index is 13.8. The van der Waals surface area contributed by atoms with Crippen molar-refractivity contribution in [2.75, 3.05) is 26.2 Å². The van der Waals surface area contributed by atoms with Crippen LogP contribution in [-0.4, -0.2) is 70.7 Å². The average Bonchev–Trinajstić information content (AvgIpc) is 3.09. The molecule has 0 spiro atoms. The van der Waals surface area contributed by atoms with Crippen LogP contribution in [0.25, 0.3) is 0 Å². The van der Waals surface area contributed by atoms with Crippen LogP contribution < -0.4 is 5.32 Å². The van der Waals surface area contributed by atoms with Gasteiger partial charge in [0.2, 0.25) is 5.91 Å². The number of nitrogens with one attached hydrogen (secondary N) is 1. The molecule has 206 valence electrons. The lowest BCUT2D eigenvalue weighted by Gasteiger charge is -2.36. The number of rotatable bonds is 7. The summed E-state index contributed by atoms with van der Waals surface area (Å²) < 4.78 is 32.9. The van der Waals surface area contributed by atoms with Gasteiger partial charge in [0.25, 0.3) is 6.43 Å². The average molecular weight is 544 g/mol. The van der Waals surface area contributed by atoms with E-state index in [2.05, 4.69) is 5.32 Å². The molecule has 0 bridgehead atoms. The molecule has 2 atom stereocenters. The van der Waals surface area contributed by atoms with Crippen LogP contribution in [0.3, 0.4) is 0 Å². The first-order valence-electron chi connectivity index (χ1n) is 12.5. The molecular formula is C26H36ClF2N3O5. The summed E-state index contributed by atoms with van der Waals surface area (Å²) in [6.07, 6.45) is -2.91. The Balaban J connectivity index is 1.83. The Bertz CT molecular complexity index is 1010. The number of ether oxygens (including phenoxy) is 1. The van der Waals surface area contributed by atoms with Crippen molar-refractivity contribution < 1.29 is 33.0 Å². The lowest BCUT2D eigenvalue weighted by atomic mass is 9.75. The normalized spacial score (nSPS) is 23.4. The maximum atomic E-state index is 13.8. The SMILES string of the molecule is C[C@H]1CN(Cc2c(Cl)cccc2C(F)F)C[C@@]1(CC(=O)OC(C)(C)C)C(=O)NC1CCN(C(=O)O)CC1. The number of carboxylic acid groups (broad SMARTS) is 1. The summed E-state index contributed by atoms with van der Waals surface area (Å²) in [7, 11) is 0. The fourth-order valence-corrected chi connectivity index (χ4v) is 5.50. The minimum absolute atomic E-state index is 0.115. The van der Waals surface area contributed by atoms with Crippen LogP contribution in [-0.2, 0) is 20.9 Å². The lowest BCUT2D eigenvalue weighted by molar-refractivity contribution is -0.161. The van der Waals surface area contributed by atoms with E-state index in [1.54, 1.807) is 26.8 Å². The van der Waals surface area contributed by atoms with Crippen LogP contribution in [0.2, 0.25) is 5.02 Å². The predicted octanol–water partition coefficient (Wildman–Crippen LogP) is 4.71. The monoisotopic (exact) mass is 543 g/mol. The van der Waals surface area contributed by atoms with Gasteiger partial charge in [0.15, 0.2) is 0 Å². The van der Waals surface area contributed by atoms with Crippen LogP contribution in [0.4, 0.5) is 13.6 Å². The quantitative estimate of drug-likeness (QED) is 0.483. The van der Waals surface area contributed by atoms with E-state index in [0.717, 1.165) is 0 Å². The molecule has 2 heterocycles. The molecule has 2 aliphatic heterocycles. The van der Waals surface area contributed by atoms with Crippen LogP contribution in [0.1, 0.15) is 64.5 Å². The van der Waals surface area contributed by atoms with Gasteiger partial charge in [-0.3, -0.25) is 14.5 Å². The summed E-state index contributed by atoms with van der Waals surface area (Å²) >= 11 is 6.28. The highest BCUT2D eigenvalue weighted by Crippen LogP contribution is 2.42. The highest BCUT2D eigenvalue weighted by molar-refractivity contribution is 6.31. The van der Waals surface area contributed by atoms with Gasteiger partial charge in [-0.1, -0.05) is 30.7 Å². The van der Waals surface area contributed by atoms with Gasteiger partial charge < -0.3 is 20.1 Å². The number of nitrogens with zero attached hydrogens (tertiary/aromatic N) is 2. The second-order valence-corrected chi connectivity index (χ2v) is 11.5. The standard InChI is InChI=1S/C26H36ClF2N3O5/c1-16-13-31(14-19-18(22(28)29)6-5-7-20(19)27)15-26(16,12-21(33)37-25(2,3)4)23(34)30-17-8-10-32(11-9-17)24(35)36/h5-7,16-17,22H,8-15H2,1-4H3,(H,30,34)(H,35,36)/t16-,26+/m0/s1. The van der Waals surface area contributed by atoms with Crippen LogP contribution in [0.15, 0.2) is 18.2 Å². The molecule has 1 aromatic rings. The minimum atomic E-state index is -2.69. The zero-order valence-electron chi connectivity index (χ0n) is 21.7. The molecule has 0 unspecified atom stereocenters. The topological polar surface area (TPSA) is 99.2 Å². The third kappa shape index (κ3) is 7.10. The summed E-state index contributed by atoms with van der Waals surface area (Å²) in [4.78, 5) is 41.1. The van der Waals surface area contributed by atoms with Crippen LogP contribution in [0, 0.1) is 11.3 Å². The first kappa shape index (κ1) is 29.1. The Morgan fingerprint density at radius 3 is 2.46 bits per heavy atom. The van der Waals surface area contributed by atoms with Gasteiger partial charge in [0.05, 0.1) is 11.8 Å². The molecule has 0 radical (unpaired) electrons. The smallest absolute Gasteiger partial charge is 0.407 e. The molecule has 1 aromatic carbocycles. The maximum Gasteiger partial charge on any atom is 0.407 e. The Morgan fingerprint density at radius 2 is 1.89 bits per heavy atom. The minimum Gasteiger partial charge on any atom is -0.465 e. The van der Waals surface area contributed by atoms with E-state index < -0.39 is 29.5 Å². The van der Waals surface area contributed by atoms with Crippen molar-refractivity contribution in [1.29, 1.82) is 0 Å². The molecule has 2 amide bonds. The van der Waals surface area contributed by atoms with Crippen molar-refractivity contribution in [3.05, 3.63) is 34.3 Å². The molecule has 0 saturated carbocycles. The summed E-state index contributed by atoms with van der Waals surface area (Å²) in [6.45, 7) is 8.43. The van der Waals surface area contributed by atoms with Crippen LogP contribution in [0.5, 0.6) is 0 Å². The molecule has 2 saturated heterocycles. The molecule has 8 nitrogen and oxygen atoms in total. The van der Waals surface area contributed by atoms with Crippen molar-refractivity contribution in [2.45, 2.75) is 71.6 Å². The number of amides is 2. The Hall–Kier alpha value is -2.46. The summed E-state index contributed by atoms with van der Waals surface area (Å²) in [6, 6.07) is 4.16. The van der Waals surface area contributed by atoms with Crippen molar-refractivity contribution >= 4 is 29.6 Å². The van der Waals surface area contributed by atoms with Gasteiger partial charge in [0.1, 0.15) is 5.60 Å². The van der Waals surface area contributed by atoms with Crippen molar-refractivity contribution in [2.24, 2.45) is 11.3 Å². The number of carbonyl (C=O) groups is 3. The molecule has 37 heavy (non-hydrogen) atoms. The Morgan fingerprint density at radius 1 is 1.24 bits per heavy atom. The number of hydrogen-bond acceptors (Lipinski definition) is 5. The van der Waals surface area contributed by atoms with E-state index in [1.807, 2.05) is 11.8 Å². The van der Waals surface area contributed by atoms with E-state index in [9.17, 15) is 28.3 Å². The van der Waals surface area contributed by atoms with Crippen molar-refractivity contribution in [3.63, 3.8) is 0 Å². The number of hydrogen-bond donors (Lipinski definition) is 2. The van der Waals surface area contributed by atoms with E-state index in [0.29, 0.717) is 38.0 Å². The van der Waals surface area contributed by atoms with Crippen LogP contribution >= 0.6 is 11.6 Å². The van der Waals surface area contributed by atoms with Gasteiger partial charge in [-0.15, -0.1) is 0 Å². The molecule has 0 aliphatic carbocycles. The second-order valence-electron chi connectivity index (χ2n) is 11.1. The number of benzene rings is 1. The van der Waals surface area contributed by atoms with E-state index in [-0.39, 0.29) is 48.0 Å². The van der Waals surface area contributed by atoms with Gasteiger partial charge in [-0.2, -0.15) is 0 Å².